The van der Waals surface area contributed by atoms with Gasteiger partial charge in [0.1, 0.15) is 0 Å². The lowest BCUT2D eigenvalue weighted by molar-refractivity contribution is -0.126. The number of nitrogens with zero attached hydrogens (tertiary/aromatic N) is 2. The Labute approximate surface area is 199 Å². The summed E-state index contributed by atoms with van der Waals surface area (Å²) < 4.78 is 32.9. The van der Waals surface area contributed by atoms with Crippen LogP contribution in [0.5, 0.6) is 0 Å². The van der Waals surface area contributed by atoms with Gasteiger partial charge in [-0.3, -0.25) is 9.10 Å². The quantitative estimate of drug-likeness (QED) is 0.479. The Morgan fingerprint density at radius 1 is 0.971 bits per heavy atom. The smallest absolute Gasteiger partial charge is 0.338 e. The van der Waals surface area contributed by atoms with Gasteiger partial charge in [0, 0.05) is 18.8 Å². The van der Waals surface area contributed by atoms with Crippen LogP contribution in [0.25, 0.3) is 0 Å². The molecule has 1 aliphatic heterocycles. The predicted molar refractivity (Wildman–Crippen MR) is 130 cm³/mol. The van der Waals surface area contributed by atoms with Crippen LogP contribution in [0.4, 0.5) is 11.4 Å². The van der Waals surface area contributed by atoms with Gasteiger partial charge >= 0.3 is 5.97 Å². The second-order valence-corrected chi connectivity index (χ2v) is 9.81. The maximum atomic E-state index is 13.1. The molecule has 7 nitrogen and oxygen atoms in total. The van der Waals surface area contributed by atoms with Crippen LogP contribution in [0.15, 0.2) is 83.8 Å². The molecule has 0 fully saturated rings. The van der Waals surface area contributed by atoms with E-state index >= 15 is 0 Å². The number of hydrogen-bond acceptors (Lipinski definition) is 5. The fourth-order valence-corrected chi connectivity index (χ4v) is 5.52. The fourth-order valence-electron chi connectivity index (χ4n) is 4.04. The number of amides is 1. The first-order chi connectivity index (χ1) is 16.3. The van der Waals surface area contributed by atoms with Gasteiger partial charge in [-0.1, -0.05) is 36.4 Å². The van der Waals surface area contributed by atoms with Crippen molar-refractivity contribution in [3.63, 3.8) is 0 Å². The van der Waals surface area contributed by atoms with E-state index in [1.807, 2.05) is 30.3 Å². The van der Waals surface area contributed by atoms with Crippen molar-refractivity contribution >= 4 is 33.3 Å². The second kappa shape index (κ2) is 9.69. The summed E-state index contributed by atoms with van der Waals surface area (Å²) in [7, 11) is -3.80. The third kappa shape index (κ3) is 4.54. The van der Waals surface area contributed by atoms with Crippen LogP contribution in [0.2, 0.25) is 0 Å². The minimum atomic E-state index is -3.80. The van der Waals surface area contributed by atoms with E-state index in [9.17, 15) is 18.0 Å². The van der Waals surface area contributed by atoms with Crippen molar-refractivity contribution in [1.29, 1.82) is 0 Å². The van der Waals surface area contributed by atoms with E-state index in [1.54, 1.807) is 43.0 Å². The molecule has 8 heteroatoms. The first-order valence-corrected chi connectivity index (χ1v) is 12.5. The van der Waals surface area contributed by atoms with Crippen molar-refractivity contribution in [3.8, 4) is 0 Å². The van der Waals surface area contributed by atoms with Crippen LogP contribution < -0.4 is 9.21 Å². The van der Waals surface area contributed by atoms with E-state index < -0.39 is 22.1 Å². The van der Waals surface area contributed by atoms with Gasteiger partial charge < -0.3 is 9.64 Å². The van der Waals surface area contributed by atoms with Gasteiger partial charge in [-0.25, -0.2) is 13.2 Å². The molecule has 176 valence electrons. The summed E-state index contributed by atoms with van der Waals surface area (Å²) in [5.74, 6) is -0.980. The van der Waals surface area contributed by atoms with Crippen LogP contribution in [-0.4, -0.2) is 39.5 Å². The molecule has 0 saturated heterocycles. The molecular weight excluding hydrogens is 452 g/mol. The molecule has 1 aliphatic rings. The Morgan fingerprint density at radius 3 is 2.29 bits per heavy atom. The highest BCUT2D eigenvalue weighted by Crippen LogP contribution is 2.28. The Morgan fingerprint density at radius 2 is 1.62 bits per heavy atom. The van der Waals surface area contributed by atoms with E-state index in [0.29, 0.717) is 12.2 Å². The number of para-hydroxylation sites is 2. The Kier molecular flexibility index (Phi) is 6.70. The zero-order chi connectivity index (χ0) is 24.3. The lowest BCUT2D eigenvalue weighted by atomic mass is 10.2. The van der Waals surface area contributed by atoms with E-state index in [0.717, 1.165) is 17.7 Å². The van der Waals surface area contributed by atoms with Crippen LogP contribution in [-0.2, 0) is 26.0 Å². The molecule has 3 aromatic carbocycles. The number of hydrogen-bond donors (Lipinski definition) is 0. The zero-order valence-corrected chi connectivity index (χ0v) is 19.9. The first-order valence-electron chi connectivity index (χ1n) is 11.1. The Balaban J connectivity index is 1.45. The monoisotopic (exact) mass is 478 g/mol. The van der Waals surface area contributed by atoms with Crippen LogP contribution >= 0.6 is 0 Å². The molecule has 3 aromatic rings. The van der Waals surface area contributed by atoms with Gasteiger partial charge in [-0.15, -0.1) is 0 Å². The summed E-state index contributed by atoms with van der Waals surface area (Å²) in [6, 6.07) is 22.0. The van der Waals surface area contributed by atoms with E-state index in [1.165, 1.54) is 28.6 Å². The van der Waals surface area contributed by atoms with Crippen molar-refractivity contribution in [2.75, 3.05) is 22.3 Å². The highest BCUT2D eigenvalue weighted by Gasteiger charge is 2.30. The third-order valence-corrected chi connectivity index (χ3v) is 7.71. The summed E-state index contributed by atoms with van der Waals surface area (Å²) in [5, 5.41) is 0. The molecule has 4 rings (SSSR count). The molecule has 0 spiro atoms. The minimum absolute atomic E-state index is 0.0625. The summed E-state index contributed by atoms with van der Waals surface area (Å²) in [5.41, 5.74) is 2.65. The van der Waals surface area contributed by atoms with Gasteiger partial charge in [0.25, 0.3) is 15.9 Å². The number of benzene rings is 3. The summed E-state index contributed by atoms with van der Waals surface area (Å²) >= 11 is 0. The number of carbonyl (C=O) groups is 2. The molecule has 0 saturated carbocycles. The van der Waals surface area contributed by atoms with E-state index in [2.05, 4.69) is 0 Å². The number of fused-ring (bicyclic) bond motifs is 1. The summed E-state index contributed by atoms with van der Waals surface area (Å²) in [6.07, 6.45) is -0.216. The largest absolute Gasteiger partial charge is 0.449 e. The predicted octanol–water partition coefficient (Wildman–Crippen LogP) is 4.04. The van der Waals surface area contributed by atoms with Crippen LogP contribution in [0.1, 0.15) is 29.8 Å². The molecule has 34 heavy (non-hydrogen) atoms. The van der Waals surface area contributed by atoms with Crippen LogP contribution in [0, 0.1) is 0 Å². The first kappa shape index (κ1) is 23.5. The van der Waals surface area contributed by atoms with Crippen molar-refractivity contribution in [2.45, 2.75) is 31.3 Å². The Bertz CT molecular complexity index is 1290. The minimum Gasteiger partial charge on any atom is -0.449 e. The van der Waals surface area contributed by atoms with Gasteiger partial charge in [0.2, 0.25) is 0 Å². The van der Waals surface area contributed by atoms with Gasteiger partial charge in [0.15, 0.2) is 6.10 Å². The highest BCUT2D eigenvalue weighted by atomic mass is 32.2. The van der Waals surface area contributed by atoms with Crippen LogP contribution in [0.3, 0.4) is 0 Å². The van der Waals surface area contributed by atoms with Gasteiger partial charge in [-0.05, 0) is 68.3 Å². The van der Waals surface area contributed by atoms with E-state index in [4.69, 9.17) is 4.74 Å². The highest BCUT2D eigenvalue weighted by molar-refractivity contribution is 7.92. The topological polar surface area (TPSA) is 84.0 Å². The normalized spacial score (nSPS) is 13.8. The molecule has 0 bridgehead atoms. The van der Waals surface area contributed by atoms with Crippen molar-refractivity contribution in [3.05, 3.63) is 90.0 Å². The van der Waals surface area contributed by atoms with Crippen molar-refractivity contribution in [2.24, 2.45) is 0 Å². The number of ether oxygens (including phenoxy) is 1. The molecule has 0 aromatic heterocycles. The summed E-state index contributed by atoms with van der Waals surface area (Å²) in [6.45, 7) is 4.10. The number of rotatable bonds is 7. The number of esters is 1. The maximum absolute atomic E-state index is 13.1. The molecule has 0 radical (unpaired) electrons. The van der Waals surface area contributed by atoms with E-state index in [-0.39, 0.29) is 22.9 Å². The van der Waals surface area contributed by atoms with Gasteiger partial charge in [-0.2, -0.15) is 0 Å². The Hall–Kier alpha value is -3.65. The number of anilines is 2. The molecule has 0 aliphatic carbocycles. The SMILES string of the molecule is CCN(c1ccccc1)S(=O)(=O)c1ccc(C(=O)O[C@@H](C)C(=O)N2CCc3ccccc32)cc1. The third-order valence-electron chi connectivity index (χ3n) is 5.79. The van der Waals surface area contributed by atoms with Gasteiger partial charge in [0.05, 0.1) is 16.1 Å². The maximum Gasteiger partial charge on any atom is 0.338 e. The second-order valence-electron chi connectivity index (χ2n) is 7.95. The van der Waals surface area contributed by atoms with Crippen molar-refractivity contribution < 1.29 is 22.7 Å². The lowest BCUT2D eigenvalue weighted by Crippen LogP contribution is -2.39. The zero-order valence-electron chi connectivity index (χ0n) is 19.0. The average molecular weight is 479 g/mol. The molecule has 1 atom stereocenters. The molecular formula is C26H26N2O5S. The molecule has 1 heterocycles. The molecule has 1 amide bonds. The number of sulfonamides is 1. The van der Waals surface area contributed by atoms with Crippen molar-refractivity contribution in [1.82, 2.24) is 0 Å². The number of carbonyl (C=O) groups excluding carboxylic acids is 2. The molecule has 0 N–H and O–H groups in total. The average Bonchev–Trinajstić information content (AvgIpc) is 3.28. The standard InChI is InChI=1S/C26H26N2O5S/c1-3-28(22-10-5-4-6-11-22)34(31,32)23-15-13-21(14-16-23)26(30)33-19(2)25(29)27-18-17-20-9-7-8-12-24(20)27/h4-16,19H,3,17-18H2,1-2H3/t19-/m0/s1. The molecule has 0 unspecified atom stereocenters. The lowest BCUT2D eigenvalue weighted by Gasteiger charge is -2.23. The summed E-state index contributed by atoms with van der Waals surface area (Å²) in [4.78, 5) is 27.2. The fraction of sp³-hybridized carbons (Fsp3) is 0.231.